The summed E-state index contributed by atoms with van der Waals surface area (Å²) in [5.74, 6) is 0.151. The number of likely N-dealkylation sites (N-methyl/N-ethyl adjacent to an activating group) is 1. The number of rotatable bonds is 4. The number of nitrogens with zero attached hydrogens (tertiary/aromatic N) is 2. The van der Waals surface area contributed by atoms with E-state index in [1.54, 1.807) is 16.2 Å². The fourth-order valence-electron chi connectivity index (χ4n) is 2.13. The Morgan fingerprint density at radius 2 is 2.28 bits per heavy atom. The Labute approximate surface area is 112 Å². The highest BCUT2D eigenvalue weighted by Gasteiger charge is 2.20. The Morgan fingerprint density at radius 3 is 2.89 bits per heavy atom. The Hall–Kier alpha value is -0.910. The van der Waals surface area contributed by atoms with Gasteiger partial charge in [0.1, 0.15) is 0 Å². The Balaban J connectivity index is 1.77. The molecule has 0 unspecified atom stereocenters. The fraction of sp³-hybridized carbons (Fsp3) is 0.615. The number of carbonyl (C=O) groups excluding carboxylic acids is 1. The molecule has 4 nitrogen and oxygen atoms in total. The number of amides is 1. The van der Waals surface area contributed by atoms with E-state index in [0.717, 1.165) is 25.9 Å². The van der Waals surface area contributed by atoms with Crippen molar-refractivity contribution in [2.24, 2.45) is 0 Å². The molecule has 1 saturated heterocycles. The number of thiophene rings is 1. The third-order valence-electron chi connectivity index (χ3n) is 3.34. The normalized spacial score (nSPS) is 17.9. The maximum atomic E-state index is 12.0. The van der Waals surface area contributed by atoms with Crippen LogP contribution in [0.15, 0.2) is 16.8 Å². The minimum atomic E-state index is -0.181. The van der Waals surface area contributed by atoms with Crippen LogP contribution < -0.4 is 0 Å². The van der Waals surface area contributed by atoms with Gasteiger partial charge in [-0.1, -0.05) is 0 Å². The first-order valence-electron chi connectivity index (χ1n) is 6.30. The molecule has 0 aliphatic carbocycles. The standard InChI is InChI=1S/C13H20N2O2S/c1-14(8-11-4-7-18-10-11)13(17)9-15-5-2-12(16)3-6-15/h4,7,10,12,16H,2-3,5-6,8-9H2,1H3. The summed E-state index contributed by atoms with van der Waals surface area (Å²) < 4.78 is 0. The number of hydrogen-bond donors (Lipinski definition) is 1. The number of aliphatic hydroxyl groups excluding tert-OH is 1. The van der Waals surface area contributed by atoms with Gasteiger partial charge in [-0.3, -0.25) is 9.69 Å². The van der Waals surface area contributed by atoms with Crippen molar-refractivity contribution < 1.29 is 9.90 Å². The number of piperidine rings is 1. The largest absolute Gasteiger partial charge is 0.393 e. The van der Waals surface area contributed by atoms with Crippen molar-refractivity contribution in [3.63, 3.8) is 0 Å². The minimum Gasteiger partial charge on any atom is -0.393 e. The van der Waals surface area contributed by atoms with Crippen molar-refractivity contribution in [2.75, 3.05) is 26.7 Å². The third kappa shape index (κ3) is 3.80. The van der Waals surface area contributed by atoms with Gasteiger partial charge in [0, 0.05) is 26.7 Å². The maximum Gasteiger partial charge on any atom is 0.236 e. The first-order chi connectivity index (χ1) is 8.65. The molecule has 1 aliphatic heterocycles. The van der Waals surface area contributed by atoms with E-state index in [-0.39, 0.29) is 12.0 Å². The van der Waals surface area contributed by atoms with E-state index < -0.39 is 0 Å². The highest BCUT2D eigenvalue weighted by molar-refractivity contribution is 7.07. The lowest BCUT2D eigenvalue weighted by Gasteiger charge is -2.30. The molecule has 2 heterocycles. The van der Waals surface area contributed by atoms with Crippen LogP contribution in [0.5, 0.6) is 0 Å². The Kier molecular flexibility index (Phi) is 4.74. The highest BCUT2D eigenvalue weighted by Crippen LogP contribution is 2.11. The fourth-order valence-corrected chi connectivity index (χ4v) is 2.79. The van der Waals surface area contributed by atoms with Gasteiger partial charge in [0.05, 0.1) is 12.6 Å². The number of hydrogen-bond acceptors (Lipinski definition) is 4. The summed E-state index contributed by atoms with van der Waals surface area (Å²) in [5, 5.41) is 13.5. The molecular formula is C13H20N2O2S. The molecule has 1 aromatic rings. The molecule has 100 valence electrons. The zero-order valence-electron chi connectivity index (χ0n) is 10.7. The second-order valence-corrected chi connectivity index (χ2v) is 5.67. The third-order valence-corrected chi connectivity index (χ3v) is 4.07. The van der Waals surface area contributed by atoms with E-state index >= 15 is 0 Å². The molecular weight excluding hydrogens is 248 g/mol. The van der Waals surface area contributed by atoms with Gasteiger partial charge in [-0.2, -0.15) is 11.3 Å². The summed E-state index contributed by atoms with van der Waals surface area (Å²) in [4.78, 5) is 15.9. The molecule has 1 N–H and O–H groups in total. The summed E-state index contributed by atoms with van der Waals surface area (Å²) in [6.45, 7) is 2.78. The number of carbonyl (C=O) groups is 1. The Morgan fingerprint density at radius 1 is 1.56 bits per heavy atom. The summed E-state index contributed by atoms with van der Waals surface area (Å²) in [5.41, 5.74) is 1.19. The second kappa shape index (κ2) is 6.31. The number of aliphatic hydroxyl groups is 1. The molecule has 2 rings (SSSR count). The van der Waals surface area contributed by atoms with Crippen LogP contribution in [0.1, 0.15) is 18.4 Å². The van der Waals surface area contributed by atoms with Crippen molar-refractivity contribution in [1.82, 2.24) is 9.80 Å². The van der Waals surface area contributed by atoms with Gasteiger partial charge in [-0.05, 0) is 35.2 Å². The van der Waals surface area contributed by atoms with Crippen molar-refractivity contribution >= 4 is 17.2 Å². The highest BCUT2D eigenvalue weighted by atomic mass is 32.1. The summed E-state index contributed by atoms with van der Waals surface area (Å²) in [7, 11) is 1.85. The van der Waals surface area contributed by atoms with Crippen molar-refractivity contribution in [3.8, 4) is 0 Å². The molecule has 5 heteroatoms. The van der Waals surface area contributed by atoms with Crippen LogP contribution in [0.2, 0.25) is 0 Å². The summed E-state index contributed by atoms with van der Waals surface area (Å²) >= 11 is 1.65. The quantitative estimate of drug-likeness (QED) is 0.891. The molecule has 0 radical (unpaired) electrons. The predicted octanol–water partition coefficient (Wildman–Crippen LogP) is 1.16. The van der Waals surface area contributed by atoms with E-state index in [2.05, 4.69) is 10.3 Å². The van der Waals surface area contributed by atoms with Crippen LogP contribution in [0.25, 0.3) is 0 Å². The average Bonchev–Trinajstić information content (AvgIpc) is 2.85. The molecule has 0 aromatic carbocycles. The number of likely N-dealkylation sites (tertiary alicyclic amines) is 1. The van der Waals surface area contributed by atoms with E-state index in [4.69, 9.17) is 0 Å². The van der Waals surface area contributed by atoms with E-state index in [0.29, 0.717) is 13.1 Å². The van der Waals surface area contributed by atoms with Crippen LogP contribution in [0, 0.1) is 0 Å². The van der Waals surface area contributed by atoms with E-state index in [1.165, 1.54) is 5.56 Å². The molecule has 1 aliphatic rings. The topological polar surface area (TPSA) is 43.8 Å². The van der Waals surface area contributed by atoms with Gasteiger partial charge in [0.2, 0.25) is 5.91 Å². The first kappa shape index (κ1) is 13.5. The van der Waals surface area contributed by atoms with Crippen LogP contribution in [-0.4, -0.2) is 53.6 Å². The SMILES string of the molecule is CN(Cc1ccsc1)C(=O)CN1CCC(O)CC1. The minimum absolute atomic E-state index is 0.151. The van der Waals surface area contributed by atoms with Crippen molar-refractivity contribution in [1.29, 1.82) is 0 Å². The van der Waals surface area contributed by atoms with Gasteiger partial charge >= 0.3 is 0 Å². The zero-order valence-corrected chi connectivity index (χ0v) is 11.5. The molecule has 0 spiro atoms. The molecule has 1 amide bonds. The van der Waals surface area contributed by atoms with Gasteiger partial charge in [-0.15, -0.1) is 0 Å². The lowest BCUT2D eigenvalue weighted by Crippen LogP contribution is -2.42. The van der Waals surface area contributed by atoms with E-state index in [1.807, 2.05) is 18.5 Å². The molecule has 18 heavy (non-hydrogen) atoms. The van der Waals surface area contributed by atoms with Gasteiger partial charge in [-0.25, -0.2) is 0 Å². The lowest BCUT2D eigenvalue weighted by atomic mass is 10.1. The molecule has 0 atom stereocenters. The summed E-state index contributed by atoms with van der Waals surface area (Å²) in [6.07, 6.45) is 1.38. The molecule has 1 fully saturated rings. The lowest BCUT2D eigenvalue weighted by molar-refractivity contribution is -0.132. The van der Waals surface area contributed by atoms with Gasteiger partial charge in [0.25, 0.3) is 0 Å². The monoisotopic (exact) mass is 268 g/mol. The maximum absolute atomic E-state index is 12.0. The van der Waals surface area contributed by atoms with Crippen LogP contribution in [-0.2, 0) is 11.3 Å². The van der Waals surface area contributed by atoms with Crippen LogP contribution in [0.3, 0.4) is 0 Å². The van der Waals surface area contributed by atoms with Crippen molar-refractivity contribution in [3.05, 3.63) is 22.4 Å². The summed E-state index contributed by atoms with van der Waals surface area (Å²) in [6, 6.07) is 2.05. The average molecular weight is 268 g/mol. The molecule has 0 saturated carbocycles. The van der Waals surface area contributed by atoms with Crippen LogP contribution in [0.4, 0.5) is 0 Å². The second-order valence-electron chi connectivity index (χ2n) is 4.89. The van der Waals surface area contributed by atoms with Crippen molar-refractivity contribution in [2.45, 2.75) is 25.5 Å². The van der Waals surface area contributed by atoms with Gasteiger partial charge < -0.3 is 10.0 Å². The van der Waals surface area contributed by atoms with E-state index in [9.17, 15) is 9.90 Å². The zero-order chi connectivity index (χ0) is 13.0. The molecule has 0 bridgehead atoms. The Bertz CT molecular complexity index is 372. The first-order valence-corrected chi connectivity index (χ1v) is 7.25. The van der Waals surface area contributed by atoms with Gasteiger partial charge in [0.15, 0.2) is 0 Å². The predicted molar refractivity (Wildman–Crippen MR) is 72.5 cm³/mol. The van der Waals surface area contributed by atoms with Crippen LogP contribution >= 0.6 is 11.3 Å². The smallest absolute Gasteiger partial charge is 0.236 e. The molecule has 1 aromatic heterocycles.